The largest absolute Gasteiger partial charge is 0.381 e. The average Bonchev–Trinajstić information content (AvgIpc) is 2.80. The quantitative estimate of drug-likeness (QED) is 0.786. The highest BCUT2D eigenvalue weighted by atomic mass is 16.3. The molecule has 3 fully saturated rings. The van der Waals surface area contributed by atoms with Crippen molar-refractivity contribution >= 4 is 5.78 Å². The molecule has 5 rings (SSSR count). The van der Waals surface area contributed by atoms with Gasteiger partial charge < -0.3 is 5.11 Å². The summed E-state index contributed by atoms with van der Waals surface area (Å²) < 4.78 is 0. The van der Waals surface area contributed by atoms with E-state index in [-0.39, 0.29) is 22.5 Å². The van der Waals surface area contributed by atoms with E-state index in [0.29, 0.717) is 24.2 Å². The van der Waals surface area contributed by atoms with E-state index in [1.54, 1.807) is 0 Å². The second kappa shape index (κ2) is 4.01. The van der Waals surface area contributed by atoms with Crippen molar-refractivity contribution in [3.63, 3.8) is 0 Å². The lowest BCUT2D eigenvalue weighted by Crippen LogP contribution is -2.56. The summed E-state index contributed by atoms with van der Waals surface area (Å²) in [5, 5.41) is 11.5. The minimum absolute atomic E-state index is 0.0747. The number of Topliss-reactive ketones (excluding diaryl/α,β-unsaturated/α-hetero) is 1. The summed E-state index contributed by atoms with van der Waals surface area (Å²) in [5.74, 6) is 1.72. The molecule has 4 bridgehead atoms. The number of aliphatic hydroxyl groups is 1. The van der Waals surface area contributed by atoms with Gasteiger partial charge in [0.15, 0.2) is 5.78 Å². The minimum atomic E-state index is -1.07. The van der Waals surface area contributed by atoms with Crippen LogP contribution in [0.25, 0.3) is 0 Å². The van der Waals surface area contributed by atoms with Crippen molar-refractivity contribution in [1.82, 2.24) is 0 Å². The van der Waals surface area contributed by atoms with Crippen molar-refractivity contribution in [2.24, 2.45) is 34.5 Å². The maximum absolute atomic E-state index is 13.3. The second-order valence-electron chi connectivity index (χ2n) is 8.95. The Morgan fingerprint density at radius 2 is 1.90 bits per heavy atom. The third-order valence-corrected chi connectivity index (χ3v) is 8.21. The van der Waals surface area contributed by atoms with E-state index in [2.05, 4.69) is 32.9 Å². The van der Waals surface area contributed by atoms with Gasteiger partial charge in [0.1, 0.15) is 5.60 Å². The monoisotopic (exact) mass is 288 g/mol. The fraction of sp³-hybridized carbons (Fsp3) is 0.842. The molecule has 0 unspecified atom stereocenters. The van der Waals surface area contributed by atoms with E-state index in [0.717, 1.165) is 19.3 Å². The topological polar surface area (TPSA) is 37.3 Å². The molecule has 3 saturated carbocycles. The van der Waals surface area contributed by atoms with Crippen LogP contribution in [0.3, 0.4) is 0 Å². The zero-order chi connectivity index (χ0) is 15.0. The molecule has 0 amide bonds. The molecule has 116 valence electrons. The van der Waals surface area contributed by atoms with Crippen molar-refractivity contribution in [3.05, 3.63) is 12.2 Å². The van der Waals surface area contributed by atoms with Crippen molar-refractivity contribution in [3.8, 4) is 0 Å². The molecule has 0 aromatic carbocycles. The van der Waals surface area contributed by atoms with Crippen LogP contribution in [0.15, 0.2) is 12.2 Å². The maximum atomic E-state index is 13.3. The Morgan fingerprint density at radius 3 is 2.33 bits per heavy atom. The molecule has 0 aromatic rings. The molecule has 5 aliphatic carbocycles. The number of carbonyl (C=O) groups excluding carboxylic acids is 1. The molecule has 6 atom stereocenters. The van der Waals surface area contributed by atoms with Gasteiger partial charge in [-0.15, -0.1) is 0 Å². The van der Waals surface area contributed by atoms with Gasteiger partial charge in [-0.2, -0.15) is 0 Å². The minimum Gasteiger partial charge on any atom is -0.381 e. The highest BCUT2D eigenvalue weighted by Crippen LogP contribution is 2.70. The average molecular weight is 288 g/mol. The fourth-order valence-corrected chi connectivity index (χ4v) is 6.19. The fourth-order valence-electron chi connectivity index (χ4n) is 6.19. The summed E-state index contributed by atoms with van der Waals surface area (Å²) in [5.41, 5.74) is -1.22. The van der Waals surface area contributed by atoms with Crippen molar-refractivity contribution in [2.45, 2.75) is 64.9 Å². The van der Waals surface area contributed by atoms with Gasteiger partial charge in [-0.3, -0.25) is 4.79 Å². The summed E-state index contributed by atoms with van der Waals surface area (Å²) in [6.07, 6.45) is 10.8. The van der Waals surface area contributed by atoms with Gasteiger partial charge in [0, 0.05) is 11.3 Å². The lowest BCUT2D eigenvalue weighted by atomic mass is 9.58. The molecule has 2 nitrogen and oxygen atoms in total. The Bertz CT molecular complexity index is 520. The molecule has 0 aliphatic heterocycles. The summed E-state index contributed by atoms with van der Waals surface area (Å²) in [6.45, 7) is 6.71. The Kier molecular flexibility index (Phi) is 2.67. The molecule has 1 N–H and O–H groups in total. The summed E-state index contributed by atoms with van der Waals surface area (Å²) in [4.78, 5) is 13.3. The van der Waals surface area contributed by atoms with Crippen LogP contribution in [-0.2, 0) is 4.79 Å². The molecular formula is C19H28O2. The molecule has 0 aromatic heterocycles. The van der Waals surface area contributed by atoms with E-state index in [4.69, 9.17) is 0 Å². The molecule has 0 radical (unpaired) electrons. The Labute approximate surface area is 128 Å². The first-order valence-corrected chi connectivity index (χ1v) is 8.75. The molecule has 21 heavy (non-hydrogen) atoms. The van der Waals surface area contributed by atoms with Crippen LogP contribution in [0.5, 0.6) is 0 Å². The summed E-state index contributed by atoms with van der Waals surface area (Å²) in [6, 6.07) is 0. The number of hydrogen-bond acceptors (Lipinski definition) is 2. The molecule has 0 heterocycles. The lowest BCUT2D eigenvalue weighted by molar-refractivity contribution is -0.162. The Balaban J connectivity index is 1.68. The molecule has 0 saturated heterocycles. The van der Waals surface area contributed by atoms with Gasteiger partial charge in [-0.05, 0) is 61.7 Å². The van der Waals surface area contributed by atoms with Crippen LogP contribution in [-0.4, -0.2) is 16.5 Å². The first-order valence-electron chi connectivity index (χ1n) is 8.75. The van der Waals surface area contributed by atoms with E-state index in [1.165, 1.54) is 12.8 Å². The Hall–Kier alpha value is -0.630. The van der Waals surface area contributed by atoms with Crippen molar-refractivity contribution in [1.29, 1.82) is 0 Å². The van der Waals surface area contributed by atoms with Crippen molar-refractivity contribution < 1.29 is 9.90 Å². The van der Waals surface area contributed by atoms with Crippen LogP contribution in [0.4, 0.5) is 0 Å². The molecular weight excluding hydrogens is 260 g/mol. The lowest BCUT2D eigenvalue weighted by Gasteiger charge is -2.48. The van der Waals surface area contributed by atoms with Gasteiger partial charge in [0.25, 0.3) is 0 Å². The van der Waals surface area contributed by atoms with Crippen LogP contribution < -0.4 is 0 Å². The number of hydrogen-bond donors (Lipinski definition) is 1. The third kappa shape index (κ3) is 1.50. The van der Waals surface area contributed by atoms with Crippen LogP contribution in [0.2, 0.25) is 0 Å². The first kappa shape index (κ1) is 14.0. The SMILES string of the molecule is CC1(C)[C@@H]2CC[C@@]1(C)[C@@](O)(C(=O)[C@@H]1C[C@@H]3C=C[C@H]1CC3)C2. The maximum Gasteiger partial charge on any atom is 0.168 e. The second-order valence-corrected chi connectivity index (χ2v) is 8.95. The van der Waals surface area contributed by atoms with E-state index >= 15 is 0 Å². The van der Waals surface area contributed by atoms with E-state index < -0.39 is 5.60 Å². The van der Waals surface area contributed by atoms with Gasteiger partial charge in [0.2, 0.25) is 0 Å². The molecule has 0 spiro atoms. The van der Waals surface area contributed by atoms with Crippen molar-refractivity contribution in [2.75, 3.05) is 0 Å². The summed E-state index contributed by atoms with van der Waals surface area (Å²) in [7, 11) is 0. The smallest absolute Gasteiger partial charge is 0.168 e. The highest BCUT2D eigenvalue weighted by Gasteiger charge is 2.71. The summed E-state index contributed by atoms with van der Waals surface area (Å²) >= 11 is 0. The number of rotatable bonds is 2. The predicted molar refractivity (Wildman–Crippen MR) is 82.6 cm³/mol. The number of ketones is 1. The zero-order valence-electron chi connectivity index (χ0n) is 13.6. The van der Waals surface area contributed by atoms with Crippen LogP contribution in [0.1, 0.15) is 59.3 Å². The predicted octanol–water partition coefficient (Wildman–Crippen LogP) is 3.74. The van der Waals surface area contributed by atoms with Gasteiger partial charge in [-0.25, -0.2) is 0 Å². The van der Waals surface area contributed by atoms with Crippen LogP contribution >= 0.6 is 0 Å². The van der Waals surface area contributed by atoms with E-state index in [1.807, 2.05) is 0 Å². The first-order chi connectivity index (χ1) is 9.79. The Morgan fingerprint density at radius 1 is 1.14 bits per heavy atom. The number of allylic oxidation sites excluding steroid dienone is 2. The van der Waals surface area contributed by atoms with E-state index in [9.17, 15) is 9.90 Å². The standard InChI is InChI=1S/C19H28O2/c1-17(2)14-8-9-18(17,3)19(21,11-14)16(20)15-10-12-4-6-13(15)7-5-12/h4,6,12-15,21H,5,7-11H2,1-3H3/t12-,13+,14-,15-,18-,19+/m1/s1. The normalized spacial score (nSPS) is 53.3. The number of carbonyl (C=O) groups is 1. The van der Waals surface area contributed by atoms with Gasteiger partial charge in [-0.1, -0.05) is 32.9 Å². The highest BCUT2D eigenvalue weighted by molar-refractivity contribution is 5.91. The van der Waals surface area contributed by atoms with Crippen LogP contribution in [0, 0.1) is 34.5 Å². The third-order valence-electron chi connectivity index (χ3n) is 8.21. The molecule has 2 heteroatoms. The number of fused-ring (bicyclic) bond motifs is 4. The van der Waals surface area contributed by atoms with Gasteiger partial charge in [0.05, 0.1) is 0 Å². The zero-order valence-corrected chi connectivity index (χ0v) is 13.6. The molecule has 5 aliphatic rings. The van der Waals surface area contributed by atoms with Gasteiger partial charge >= 0.3 is 0 Å².